The van der Waals surface area contributed by atoms with Gasteiger partial charge in [0.2, 0.25) is 5.91 Å². The van der Waals surface area contributed by atoms with Gasteiger partial charge in [0.1, 0.15) is 6.61 Å². The van der Waals surface area contributed by atoms with Gasteiger partial charge in [-0.3, -0.25) is 24.6 Å². The third kappa shape index (κ3) is 12.1. The van der Waals surface area contributed by atoms with E-state index in [1.165, 1.54) is 7.11 Å². The summed E-state index contributed by atoms with van der Waals surface area (Å²) in [6.45, 7) is 12.3. The van der Waals surface area contributed by atoms with Crippen LogP contribution in [-0.2, 0) is 33.1 Å². The number of nitrogens with one attached hydrogen (secondary N) is 1. The van der Waals surface area contributed by atoms with Crippen molar-refractivity contribution in [1.82, 2.24) is 54.0 Å². The van der Waals surface area contributed by atoms with Crippen LogP contribution >= 0.6 is 23.2 Å². The molecule has 0 radical (unpaired) electrons. The molecule has 0 spiro atoms. The summed E-state index contributed by atoms with van der Waals surface area (Å²) in [5.74, 6) is -0.250. The molecule has 3 N–H and O–H groups in total. The summed E-state index contributed by atoms with van der Waals surface area (Å²) in [5.41, 5.74) is 18.3. The van der Waals surface area contributed by atoms with Gasteiger partial charge in [-0.15, -0.1) is 0 Å². The molecule has 0 bridgehead atoms. The van der Waals surface area contributed by atoms with Gasteiger partial charge in [0.25, 0.3) is 0 Å². The normalized spacial score (nSPS) is 18.2. The molecule has 2 aliphatic carbocycles. The Hall–Kier alpha value is -6.93. The zero-order valence-electron chi connectivity index (χ0n) is 44.5. The van der Waals surface area contributed by atoms with E-state index in [1.807, 2.05) is 106 Å². The first-order chi connectivity index (χ1) is 37.1. The van der Waals surface area contributed by atoms with Gasteiger partial charge >= 0.3 is 12.2 Å². The molecule has 2 aliphatic heterocycles. The highest BCUT2D eigenvalue weighted by Gasteiger charge is 2.38. The average molecular weight is 1090 g/mol. The molecule has 0 saturated carbocycles. The molecule has 2 saturated heterocycles. The van der Waals surface area contributed by atoms with Gasteiger partial charge in [-0.2, -0.15) is 0 Å². The van der Waals surface area contributed by atoms with Crippen LogP contribution in [0.2, 0.25) is 10.0 Å². The summed E-state index contributed by atoms with van der Waals surface area (Å²) in [7, 11) is 5.34. The number of pyridine rings is 2. The van der Waals surface area contributed by atoms with Crippen molar-refractivity contribution in [1.29, 1.82) is 0 Å². The van der Waals surface area contributed by atoms with Gasteiger partial charge in [0.05, 0.1) is 84.2 Å². The maximum Gasteiger partial charge on any atom is 0.410 e. The van der Waals surface area contributed by atoms with Crippen LogP contribution in [-0.4, -0.2) is 145 Å². The lowest BCUT2D eigenvalue weighted by atomic mass is 9.89. The summed E-state index contributed by atoms with van der Waals surface area (Å²) < 4.78 is 19.8. The van der Waals surface area contributed by atoms with Crippen LogP contribution in [0, 0.1) is 0 Å². The number of aromatic nitrogens is 6. The molecule has 4 aromatic heterocycles. The average Bonchev–Trinajstić information content (AvgIpc) is 3.99. The van der Waals surface area contributed by atoms with Crippen molar-refractivity contribution < 1.29 is 28.6 Å². The van der Waals surface area contributed by atoms with Gasteiger partial charge in [0, 0.05) is 96.0 Å². The van der Waals surface area contributed by atoms with E-state index in [0.29, 0.717) is 62.4 Å². The Morgan fingerprint density at radius 2 is 1.12 bits per heavy atom. The number of benzene rings is 2. The number of imidazole rings is 2. The van der Waals surface area contributed by atoms with Crippen LogP contribution in [0.1, 0.15) is 108 Å². The summed E-state index contributed by atoms with van der Waals surface area (Å²) >= 11 is 13.1. The smallest absolute Gasteiger partial charge is 0.410 e. The van der Waals surface area contributed by atoms with Crippen molar-refractivity contribution in [2.45, 2.75) is 64.1 Å². The molecule has 404 valence electrons. The number of nitrogens with zero attached hydrogens (tertiary/aromatic N) is 10. The Morgan fingerprint density at radius 1 is 0.662 bits per heavy atom. The maximum atomic E-state index is 12.9. The van der Waals surface area contributed by atoms with E-state index in [0.717, 1.165) is 67.3 Å². The molecule has 4 aliphatic rings. The Bertz CT molecular complexity index is 3160. The van der Waals surface area contributed by atoms with Crippen LogP contribution < -0.4 is 11.1 Å². The summed E-state index contributed by atoms with van der Waals surface area (Å²) in [6.07, 6.45) is 14.0. The summed E-state index contributed by atoms with van der Waals surface area (Å²) in [5, 5.41) is 4.38. The molecule has 10 rings (SSSR count). The Labute approximate surface area is 459 Å². The standard InChI is InChI=1S/C30H35ClN6O4.C27H31ClN6O2/c1-19(2)41-30(39)37-12-10-36(11-13-37)29-22-8-7-21(31)15-23(22)24(14-20-6-5-9-33-27(20)29)28(34-26(38)17-40-4)25-16-32-18-35(25)3;1-17(2)36-27(35)34-11-9-33(10-12-34)26-20-7-6-19(28)14-21(20)22(13-18-5-4-8-31-25(18)26)24(29)23-15-30-16-32(23)3/h5-9,14-16,18-19,28-29H,10-13,17H2,1-4H3,(H,34,38);4-8,13-17,24,26H,9-12,29H2,1-3H3/t28-,29+;24-,26+/m11/s1. The molecule has 3 amide bonds. The third-order valence-corrected chi connectivity index (χ3v) is 14.7. The van der Waals surface area contributed by atoms with Gasteiger partial charge in [0.15, 0.2) is 0 Å². The number of methoxy groups -OCH3 is 1. The largest absolute Gasteiger partial charge is 0.447 e. The van der Waals surface area contributed by atoms with E-state index in [2.05, 4.69) is 49.4 Å². The second-order valence-electron chi connectivity index (χ2n) is 20.1. The topological polar surface area (TPSA) is 191 Å². The lowest BCUT2D eigenvalue weighted by molar-refractivity contribution is -0.125. The van der Waals surface area contributed by atoms with Crippen molar-refractivity contribution in [2.75, 3.05) is 66.1 Å². The lowest BCUT2D eigenvalue weighted by Crippen LogP contribution is -2.50. The second-order valence-corrected chi connectivity index (χ2v) is 21.0. The van der Waals surface area contributed by atoms with E-state index < -0.39 is 12.1 Å². The zero-order valence-corrected chi connectivity index (χ0v) is 46.0. The fraction of sp³-hybridized carbons (Fsp3) is 0.386. The first-order valence-corrected chi connectivity index (χ1v) is 26.6. The fourth-order valence-corrected chi connectivity index (χ4v) is 11.0. The SMILES string of the molecule is CC(C)OC(=O)N1CCN([C@H]2c3ccc(Cl)cc3C([C@@H](N)c3cncn3C)=Cc3cccnc32)CC1.COCC(=O)N[C@H](C1=Cc2cccnc2[C@@H](N2CCN(C(=O)OC(C)C)CC2)c2ccc(Cl)cc21)c1cncn1C. The fourth-order valence-electron chi connectivity index (χ4n) is 10.6. The van der Waals surface area contributed by atoms with Crippen LogP contribution in [0.15, 0.2) is 98.1 Å². The number of carbonyl (C=O) groups is 3. The first-order valence-electron chi connectivity index (χ1n) is 25.9. The van der Waals surface area contributed by atoms with Crippen LogP contribution in [0.4, 0.5) is 9.59 Å². The minimum Gasteiger partial charge on any atom is -0.447 e. The monoisotopic (exact) mass is 1080 g/mol. The molecule has 77 heavy (non-hydrogen) atoms. The van der Waals surface area contributed by atoms with Crippen molar-refractivity contribution in [3.05, 3.63) is 164 Å². The van der Waals surface area contributed by atoms with Crippen LogP contribution in [0.3, 0.4) is 0 Å². The van der Waals surface area contributed by atoms with Crippen LogP contribution in [0.5, 0.6) is 0 Å². The van der Waals surface area contributed by atoms with Gasteiger partial charge < -0.3 is 44.2 Å². The highest BCUT2D eigenvalue weighted by Crippen LogP contribution is 2.46. The van der Waals surface area contributed by atoms with Crippen molar-refractivity contribution in [3.8, 4) is 0 Å². The predicted molar refractivity (Wildman–Crippen MR) is 296 cm³/mol. The number of rotatable bonds is 11. The lowest BCUT2D eigenvalue weighted by Gasteiger charge is -2.39. The third-order valence-electron chi connectivity index (χ3n) is 14.2. The van der Waals surface area contributed by atoms with Crippen molar-refractivity contribution in [3.63, 3.8) is 0 Å². The zero-order chi connectivity index (χ0) is 54.5. The Balaban J connectivity index is 0.000000189. The number of amides is 3. The number of piperazine rings is 2. The quantitative estimate of drug-likeness (QED) is 0.126. The van der Waals surface area contributed by atoms with Gasteiger partial charge in [-0.05, 0) is 121 Å². The molecule has 2 fully saturated rings. The number of carbonyl (C=O) groups excluding carboxylic acids is 3. The summed E-state index contributed by atoms with van der Waals surface area (Å²) in [4.78, 5) is 64.5. The molecule has 0 unspecified atom stereocenters. The minimum atomic E-state index is -0.531. The number of nitrogens with two attached hydrogens (primary N) is 1. The molecule has 6 heterocycles. The number of halogens is 2. The number of ether oxygens (including phenoxy) is 3. The highest BCUT2D eigenvalue weighted by atomic mass is 35.5. The molecule has 20 heteroatoms. The molecule has 4 atom stereocenters. The molecule has 6 aromatic rings. The Morgan fingerprint density at radius 3 is 1.56 bits per heavy atom. The second kappa shape index (κ2) is 24.2. The number of hydrogen-bond acceptors (Lipinski definition) is 13. The van der Waals surface area contributed by atoms with Crippen molar-refractivity contribution in [2.24, 2.45) is 19.8 Å². The summed E-state index contributed by atoms with van der Waals surface area (Å²) in [6, 6.07) is 18.6. The number of aryl methyl sites for hydroxylation is 2. The molecule has 2 aromatic carbocycles. The van der Waals surface area contributed by atoms with E-state index >= 15 is 0 Å². The number of fused-ring (bicyclic) bond motifs is 4. The molecule has 18 nitrogen and oxygen atoms in total. The first kappa shape index (κ1) is 54.8. The predicted octanol–water partition coefficient (Wildman–Crippen LogP) is 8.35. The van der Waals surface area contributed by atoms with Gasteiger partial charge in [-0.1, -0.05) is 47.5 Å². The van der Waals surface area contributed by atoms with E-state index in [4.69, 9.17) is 53.1 Å². The minimum absolute atomic E-state index is 0.0751. The van der Waals surface area contributed by atoms with E-state index in [-0.39, 0.29) is 49.0 Å². The van der Waals surface area contributed by atoms with Gasteiger partial charge in [-0.25, -0.2) is 19.6 Å². The van der Waals surface area contributed by atoms with Crippen molar-refractivity contribution >= 4 is 64.6 Å². The van der Waals surface area contributed by atoms with E-state index in [1.54, 1.807) is 41.0 Å². The maximum absolute atomic E-state index is 12.9. The molecular weight excluding hydrogens is 1020 g/mol. The Kier molecular flexibility index (Phi) is 17.2. The van der Waals surface area contributed by atoms with E-state index in [9.17, 15) is 14.4 Å². The molecular formula is C57H66Cl2N12O6. The van der Waals surface area contributed by atoms with Crippen LogP contribution in [0.25, 0.3) is 23.3 Å². The number of hydrogen-bond donors (Lipinski definition) is 2. The highest BCUT2D eigenvalue weighted by molar-refractivity contribution is 6.31.